The van der Waals surface area contributed by atoms with Gasteiger partial charge in [0, 0.05) is 25.2 Å². The summed E-state index contributed by atoms with van der Waals surface area (Å²) in [5.41, 5.74) is 0.905. The van der Waals surface area contributed by atoms with Gasteiger partial charge in [-0.3, -0.25) is 0 Å². The molecule has 3 rings (SSSR count). The molecule has 140 valence electrons. The van der Waals surface area contributed by atoms with Gasteiger partial charge in [-0.2, -0.15) is 0 Å². The van der Waals surface area contributed by atoms with Gasteiger partial charge in [-0.1, -0.05) is 30.3 Å². The van der Waals surface area contributed by atoms with Crippen molar-refractivity contribution in [3.05, 3.63) is 57.7 Å². The van der Waals surface area contributed by atoms with Crippen LogP contribution < -0.4 is 9.46 Å². The number of hydrogen-bond donors (Lipinski definition) is 1. The van der Waals surface area contributed by atoms with Gasteiger partial charge in [-0.15, -0.1) is 0 Å². The van der Waals surface area contributed by atoms with Gasteiger partial charge < -0.3 is 9.47 Å². The van der Waals surface area contributed by atoms with E-state index in [2.05, 4.69) is 39.4 Å². The fourth-order valence-corrected chi connectivity index (χ4v) is 5.35. The lowest BCUT2D eigenvalue weighted by molar-refractivity contribution is 0.0517. The van der Waals surface area contributed by atoms with Crippen LogP contribution in [-0.2, 0) is 20.2 Å². The number of hydrogen-bond acceptors (Lipinski definition) is 4. The van der Waals surface area contributed by atoms with Gasteiger partial charge in [-0.05, 0) is 59.2 Å². The summed E-state index contributed by atoms with van der Waals surface area (Å²) in [5, 5.41) is 0. The molecule has 1 aliphatic rings. The Bertz CT molecular complexity index is 849. The number of benzene rings is 2. The van der Waals surface area contributed by atoms with Crippen LogP contribution in [0.5, 0.6) is 5.75 Å². The summed E-state index contributed by atoms with van der Waals surface area (Å²) < 4.78 is 39.9. The fraction of sp³-hybridized carbons (Fsp3) is 0.368. The summed E-state index contributed by atoms with van der Waals surface area (Å²) in [6.45, 7) is 1.62. The zero-order valence-electron chi connectivity index (χ0n) is 14.6. The number of ether oxygens (including phenoxy) is 2. The van der Waals surface area contributed by atoms with E-state index < -0.39 is 10.0 Å². The standard InChI is InChI=1S/C19H22INO4S/c1-24-18-8-7-16(13-17(18)20)26(22,23)21-14-19(9-11-25-12-10-19)15-5-3-2-4-6-15/h2-8,13,21H,9-12,14H2,1H3. The van der Waals surface area contributed by atoms with Gasteiger partial charge in [-0.25, -0.2) is 13.1 Å². The Morgan fingerprint density at radius 1 is 1.15 bits per heavy atom. The van der Waals surface area contributed by atoms with Gasteiger partial charge in [0.2, 0.25) is 10.0 Å². The molecule has 1 fully saturated rings. The molecule has 1 saturated heterocycles. The molecule has 2 aromatic rings. The smallest absolute Gasteiger partial charge is 0.240 e. The zero-order valence-corrected chi connectivity index (χ0v) is 17.5. The van der Waals surface area contributed by atoms with Crippen molar-refractivity contribution in [1.29, 1.82) is 0 Å². The highest BCUT2D eigenvalue weighted by Crippen LogP contribution is 2.34. The molecule has 1 N–H and O–H groups in total. The molecule has 0 saturated carbocycles. The number of sulfonamides is 1. The SMILES string of the molecule is COc1ccc(S(=O)(=O)NCC2(c3ccccc3)CCOCC2)cc1I. The first-order chi connectivity index (χ1) is 12.5. The Hall–Kier alpha value is -1.16. The summed E-state index contributed by atoms with van der Waals surface area (Å²) in [4.78, 5) is 0.248. The number of nitrogens with one attached hydrogen (secondary N) is 1. The van der Waals surface area contributed by atoms with Gasteiger partial charge in [0.05, 0.1) is 15.6 Å². The molecule has 1 heterocycles. The van der Waals surface area contributed by atoms with Crippen LogP contribution in [0.15, 0.2) is 53.4 Å². The van der Waals surface area contributed by atoms with Crippen LogP contribution in [-0.4, -0.2) is 35.3 Å². The topological polar surface area (TPSA) is 64.6 Å². The molecule has 7 heteroatoms. The Morgan fingerprint density at radius 2 is 1.85 bits per heavy atom. The fourth-order valence-electron chi connectivity index (χ4n) is 3.25. The predicted octanol–water partition coefficient (Wildman–Crippen LogP) is 3.33. The summed E-state index contributed by atoms with van der Waals surface area (Å²) in [5.74, 6) is 0.662. The molecular formula is C19H22INO4S. The maximum Gasteiger partial charge on any atom is 0.240 e. The van der Waals surface area contributed by atoms with Gasteiger partial charge in [0.15, 0.2) is 0 Å². The van der Waals surface area contributed by atoms with Crippen molar-refractivity contribution in [2.45, 2.75) is 23.2 Å². The Kier molecular flexibility index (Phi) is 6.21. The summed E-state index contributed by atoms with van der Waals surface area (Å²) >= 11 is 2.08. The molecule has 0 amide bonds. The number of halogens is 1. The molecule has 26 heavy (non-hydrogen) atoms. The van der Waals surface area contributed by atoms with Crippen LogP contribution in [0.25, 0.3) is 0 Å². The monoisotopic (exact) mass is 487 g/mol. The summed E-state index contributed by atoms with van der Waals surface area (Å²) in [6, 6.07) is 15.0. The highest BCUT2D eigenvalue weighted by atomic mass is 127. The summed E-state index contributed by atoms with van der Waals surface area (Å²) in [7, 11) is -2.04. The third-order valence-corrected chi connectivity index (χ3v) is 7.11. The highest BCUT2D eigenvalue weighted by molar-refractivity contribution is 14.1. The third-order valence-electron chi connectivity index (χ3n) is 4.87. The summed E-state index contributed by atoms with van der Waals surface area (Å²) in [6.07, 6.45) is 1.58. The van der Waals surface area contributed by atoms with Gasteiger partial charge >= 0.3 is 0 Å². The first-order valence-electron chi connectivity index (χ1n) is 8.43. The van der Waals surface area contributed by atoms with Crippen molar-refractivity contribution in [3.63, 3.8) is 0 Å². The molecule has 0 unspecified atom stereocenters. The molecule has 0 aromatic heterocycles. The predicted molar refractivity (Wildman–Crippen MR) is 109 cm³/mol. The molecule has 5 nitrogen and oxygen atoms in total. The molecular weight excluding hydrogens is 465 g/mol. The average Bonchev–Trinajstić information content (AvgIpc) is 2.68. The van der Waals surface area contributed by atoms with E-state index >= 15 is 0 Å². The van der Waals surface area contributed by atoms with E-state index in [1.165, 1.54) is 0 Å². The van der Waals surface area contributed by atoms with Crippen molar-refractivity contribution >= 4 is 32.6 Å². The van der Waals surface area contributed by atoms with Crippen LogP contribution >= 0.6 is 22.6 Å². The second kappa shape index (κ2) is 8.24. The lowest BCUT2D eigenvalue weighted by atomic mass is 9.74. The van der Waals surface area contributed by atoms with Crippen LogP contribution in [0.3, 0.4) is 0 Å². The lowest BCUT2D eigenvalue weighted by Gasteiger charge is -2.37. The van der Waals surface area contributed by atoms with Crippen LogP contribution in [0.4, 0.5) is 0 Å². The van der Waals surface area contributed by atoms with E-state index in [1.54, 1.807) is 25.3 Å². The Labute approximate surface area is 168 Å². The second-order valence-corrected chi connectivity index (χ2v) is 9.31. The van der Waals surface area contributed by atoms with E-state index in [4.69, 9.17) is 9.47 Å². The van der Waals surface area contributed by atoms with E-state index in [0.29, 0.717) is 25.5 Å². The van der Waals surface area contributed by atoms with Crippen molar-refractivity contribution in [2.24, 2.45) is 0 Å². The van der Waals surface area contributed by atoms with E-state index in [1.807, 2.05) is 18.2 Å². The van der Waals surface area contributed by atoms with E-state index in [-0.39, 0.29) is 10.3 Å². The largest absolute Gasteiger partial charge is 0.496 e. The molecule has 0 bridgehead atoms. The second-order valence-electron chi connectivity index (χ2n) is 6.38. The van der Waals surface area contributed by atoms with E-state index in [0.717, 1.165) is 22.0 Å². The normalized spacial score (nSPS) is 17.0. The molecule has 0 atom stereocenters. The maximum atomic E-state index is 12.8. The van der Waals surface area contributed by atoms with Crippen molar-refractivity contribution in [1.82, 2.24) is 4.72 Å². The van der Waals surface area contributed by atoms with Crippen LogP contribution in [0.1, 0.15) is 18.4 Å². The average molecular weight is 487 g/mol. The molecule has 0 aliphatic carbocycles. The zero-order chi connectivity index (χ0) is 18.6. The Balaban J connectivity index is 1.83. The van der Waals surface area contributed by atoms with Crippen molar-refractivity contribution < 1.29 is 17.9 Å². The van der Waals surface area contributed by atoms with Gasteiger partial charge in [0.1, 0.15) is 5.75 Å². The Morgan fingerprint density at radius 3 is 2.46 bits per heavy atom. The first-order valence-corrected chi connectivity index (χ1v) is 11.0. The minimum Gasteiger partial charge on any atom is -0.496 e. The molecule has 2 aromatic carbocycles. The maximum absolute atomic E-state index is 12.8. The molecule has 0 radical (unpaired) electrons. The molecule has 0 spiro atoms. The highest BCUT2D eigenvalue weighted by Gasteiger charge is 2.35. The third kappa shape index (κ3) is 4.21. The molecule has 1 aliphatic heterocycles. The van der Waals surface area contributed by atoms with Gasteiger partial charge in [0.25, 0.3) is 0 Å². The van der Waals surface area contributed by atoms with Crippen molar-refractivity contribution in [2.75, 3.05) is 26.9 Å². The minimum atomic E-state index is -3.60. The first kappa shape index (κ1) is 19.6. The number of rotatable bonds is 6. The van der Waals surface area contributed by atoms with Crippen LogP contribution in [0.2, 0.25) is 0 Å². The van der Waals surface area contributed by atoms with Crippen LogP contribution in [0, 0.1) is 3.57 Å². The van der Waals surface area contributed by atoms with Crippen molar-refractivity contribution in [3.8, 4) is 5.75 Å². The van der Waals surface area contributed by atoms with E-state index in [9.17, 15) is 8.42 Å². The quantitative estimate of drug-likeness (QED) is 0.636. The number of methoxy groups -OCH3 is 1. The minimum absolute atomic E-state index is 0.244. The lowest BCUT2D eigenvalue weighted by Crippen LogP contribution is -2.44.